The predicted molar refractivity (Wildman–Crippen MR) is 79.5 cm³/mol. The number of diazo groups is 1. The van der Waals surface area contributed by atoms with Crippen molar-refractivity contribution in [2.45, 2.75) is 25.8 Å². The first kappa shape index (κ1) is 15.8. The summed E-state index contributed by atoms with van der Waals surface area (Å²) in [4.78, 5) is 28.5. The summed E-state index contributed by atoms with van der Waals surface area (Å²) in [6.45, 7) is 1.61. The standard InChI is InChI=1S/C14H19N5O3/c1-22-13-8-16-11(7-12(13)20)9-19(17-15)10-14(21)18-5-3-2-4-6-18/h7-8H,2-6,9-10H2,1H3/p+1. The number of carbonyl (C=O) groups is 1. The number of aromatic amines is 1. The maximum atomic E-state index is 12.1. The molecule has 0 spiro atoms. The molecule has 118 valence electrons. The molecule has 0 atom stereocenters. The minimum atomic E-state index is -0.267. The molecule has 0 aliphatic carbocycles. The molecule has 1 aromatic rings. The van der Waals surface area contributed by atoms with Crippen LogP contribution in [0.2, 0.25) is 0 Å². The second kappa shape index (κ2) is 7.45. The summed E-state index contributed by atoms with van der Waals surface area (Å²) in [6.07, 6.45) is 4.60. The van der Waals surface area contributed by atoms with Crippen LogP contribution >= 0.6 is 0 Å². The number of pyridine rings is 1. The van der Waals surface area contributed by atoms with E-state index in [1.54, 1.807) is 4.90 Å². The number of nitrogens with zero attached hydrogens (tertiary/aromatic N) is 4. The van der Waals surface area contributed by atoms with Crippen molar-refractivity contribution in [1.82, 2.24) is 14.9 Å². The molecule has 1 aromatic heterocycles. The fraction of sp³-hybridized carbons (Fsp3) is 0.571. The normalized spacial score (nSPS) is 14.3. The molecule has 2 heterocycles. The molecule has 1 amide bonds. The van der Waals surface area contributed by atoms with E-state index in [2.05, 4.69) is 10.1 Å². The number of carbonyl (C=O) groups excluding carboxylic acids is 1. The summed E-state index contributed by atoms with van der Waals surface area (Å²) < 4.78 is 4.88. The molecule has 2 rings (SSSR count). The highest BCUT2D eigenvalue weighted by Crippen LogP contribution is 2.10. The van der Waals surface area contributed by atoms with Gasteiger partial charge in [0.1, 0.15) is 6.54 Å². The first-order valence-corrected chi connectivity index (χ1v) is 7.27. The van der Waals surface area contributed by atoms with Crippen molar-refractivity contribution in [3.05, 3.63) is 33.3 Å². The van der Waals surface area contributed by atoms with Crippen LogP contribution in [0.4, 0.5) is 0 Å². The van der Waals surface area contributed by atoms with Crippen LogP contribution < -0.4 is 10.2 Å². The average molecular weight is 306 g/mol. The fourth-order valence-corrected chi connectivity index (χ4v) is 2.47. The van der Waals surface area contributed by atoms with Gasteiger partial charge in [0, 0.05) is 31.0 Å². The number of nitrogens with one attached hydrogen (secondary N) is 1. The lowest BCUT2D eigenvalue weighted by Crippen LogP contribution is -2.41. The number of ether oxygens (including phenoxy) is 1. The lowest BCUT2D eigenvalue weighted by molar-refractivity contribution is -0.132. The molecule has 1 aliphatic heterocycles. The third-order valence-corrected chi connectivity index (χ3v) is 3.66. The second-order valence-corrected chi connectivity index (χ2v) is 5.24. The van der Waals surface area contributed by atoms with Gasteiger partial charge in [0.15, 0.2) is 12.3 Å². The van der Waals surface area contributed by atoms with Gasteiger partial charge < -0.3 is 14.6 Å². The van der Waals surface area contributed by atoms with E-state index in [-0.39, 0.29) is 30.2 Å². The maximum absolute atomic E-state index is 12.1. The van der Waals surface area contributed by atoms with Crippen LogP contribution in [-0.2, 0) is 11.3 Å². The Hall–Kier alpha value is -2.56. The van der Waals surface area contributed by atoms with Gasteiger partial charge in [-0.25, -0.2) is 0 Å². The molecule has 22 heavy (non-hydrogen) atoms. The van der Waals surface area contributed by atoms with Gasteiger partial charge in [-0.05, 0) is 24.3 Å². The zero-order valence-electron chi connectivity index (χ0n) is 12.6. The molecule has 1 aliphatic rings. The van der Waals surface area contributed by atoms with Crippen LogP contribution in [0, 0.1) is 5.39 Å². The Kier molecular flexibility index (Phi) is 5.36. The molecule has 1 fully saturated rings. The van der Waals surface area contributed by atoms with Crippen LogP contribution in [0.25, 0.3) is 5.08 Å². The van der Waals surface area contributed by atoms with E-state index in [0.717, 1.165) is 32.4 Å². The highest BCUT2D eigenvalue weighted by Gasteiger charge is 2.24. The molecule has 0 bridgehead atoms. The molecule has 1 saturated heterocycles. The van der Waals surface area contributed by atoms with Gasteiger partial charge in [-0.2, -0.15) is 0 Å². The SMILES string of the molecule is COc1c[nH]c(CN(CC(=O)N2CCCCC2)[N+]#N)cc1=O. The van der Waals surface area contributed by atoms with E-state index < -0.39 is 0 Å². The maximum Gasteiger partial charge on any atom is 0.306 e. The Morgan fingerprint density at radius 1 is 1.45 bits per heavy atom. The van der Waals surface area contributed by atoms with Crippen molar-refractivity contribution in [1.29, 1.82) is 5.39 Å². The van der Waals surface area contributed by atoms with E-state index in [9.17, 15) is 9.59 Å². The fourth-order valence-electron chi connectivity index (χ4n) is 2.47. The first-order chi connectivity index (χ1) is 10.6. The van der Waals surface area contributed by atoms with Gasteiger partial charge in [0.2, 0.25) is 11.3 Å². The molecule has 0 unspecified atom stereocenters. The lowest BCUT2D eigenvalue weighted by atomic mass is 10.1. The number of hydrogen-bond donors (Lipinski definition) is 1. The second-order valence-electron chi connectivity index (χ2n) is 5.24. The number of aromatic nitrogens is 1. The van der Waals surface area contributed by atoms with Crippen LogP contribution in [0.15, 0.2) is 17.1 Å². The minimum absolute atomic E-state index is 0.0233. The van der Waals surface area contributed by atoms with Crippen molar-refractivity contribution in [3.63, 3.8) is 0 Å². The summed E-state index contributed by atoms with van der Waals surface area (Å²) in [6, 6.07) is 1.36. The van der Waals surface area contributed by atoms with Gasteiger partial charge in [0.05, 0.1) is 7.11 Å². The van der Waals surface area contributed by atoms with Crippen molar-refractivity contribution in [2.24, 2.45) is 0 Å². The van der Waals surface area contributed by atoms with E-state index in [1.807, 2.05) is 0 Å². The molecule has 1 N–H and O–H groups in total. The molecule has 0 aromatic carbocycles. The van der Waals surface area contributed by atoms with Crippen LogP contribution in [0.5, 0.6) is 5.75 Å². The van der Waals surface area contributed by atoms with Crippen molar-refractivity contribution < 1.29 is 9.53 Å². The van der Waals surface area contributed by atoms with Crippen molar-refractivity contribution in [3.8, 4) is 5.75 Å². The number of rotatable bonds is 5. The molecular formula is C14H20N5O3+. The van der Waals surface area contributed by atoms with Gasteiger partial charge in [-0.15, -0.1) is 0 Å². The molecule has 0 radical (unpaired) electrons. The quantitative estimate of drug-likeness (QED) is 0.646. The summed E-state index contributed by atoms with van der Waals surface area (Å²) in [5, 5.41) is 13.4. The summed E-state index contributed by atoms with van der Waals surface area (Å²) in [5.41, 5.74) is 0.270. The van der Waals surface area contributed by atoms with Gasteiger partial charge in [0.25, 0.3) is 5.39 Å². The Morgan fingerprint density at radius 3 is 2.77 bits per heavy atom. The molecule has 8 nitrogen and oxygen atoms in total. The Balaban J connectivity index is 1.97. The smallest absolute Gasteiger partial charge is 0.306 e. The Morgan fingerprint density at radius 2 is 2.18 bits per heavy atom. The molecular weight excluding hydrogens is 286 g/mol. The highest BCUT2D eigenvalue weighted by atomic mass is 16.5. The zero-order valence-corrected chi connectivity index (χ0v) is 12.6. The zero-order chi connectivity index (χ0) is 15.9. The summed E-state index contributed by atoms with van der Waals surface area (Å²) >= 11 is 0. The number of H-pyrrole nitrogens is 1. The van der Waals surface area contributed by atoms with E-state index in [1.165, 1.54) is 24.4 Å². The van der Waals surface area contributed by atoms with Crippen LogP contribution in [0.3, 0.4) is 0 Å². The average Bonchev–Trinajstić information content (AvgIpc) is 2.55. The van der Waals surface area contributed by atoms with E-state index >= 15 is 0 Å². The predicted octanol–water partition coefficient (Wildman–Crippen LogP) is 0.966. The molecule has 0 saturated carbocycles. The van der Waals surface area contributed by atoms with E-state index in [4.69, 9.17) is 10.1 Å². The van der Waals surface area contributed by atoms with E-state index in [0.29, 0.717) is 5.69 Å². The topological polar surface area (TPSA) is 93.8 Å². The lowest BCUT2D eigenvalue weighted by Gasteiger charge is -2.26. The number of methoxy groups -OCH3 is 1. The third-order valence-electron chi connectivity index (χ3n) is 3.66. The Bertz CT molecular complexity index is 616. The first-order valence-electron chi connectivity index (χ1n) is 7.27. The monoisotopic (exact) mass is 306 g/mol. The number of likely N-dealkylation sites (tertiary alicyclic amines) is 1. The minimum Gasteiger partial charge on any atom is -0.491 e. The largest absolute Gasteiger partial charge is 0.491 e. The summed E-state index contributed by atoms with van der Waals surface area (Å²) in [7, 11) is 1.41. The van der Waals surface area contributed by atoms with Crippen LogP contribution in [-0.4, -0.2) is 47.5 Å². The van der Waals surface area contributed by atoms with Crippen molar-refractivity contribution >= 4 is 5.91 Å². The Labute approximate surface area is 128 Å². The third kappa shape index (κ3) is 3.97. The summed E-state index contributed by atoms with van der Waals surface area (Å²) in [5.74, 6) is 0.133. The molecule has 8 heteroatoms. The van der Waals surface area contributed by atoms with Gasteiger partial charge >= 0.3 is 5.08 Å². The number of hydrogen-bond acceptors (Lipinski definition) is 5. The highest BCUT2D eigenvalue weighted by molar-refractivity contribution is 5.78. The van der Waals surface area contributed by atoms with Gasteiger partial charge in [-0.3, -0.25) is 9.59 Å². The number of piperidine rings is 1. The van der Waals surface area contributed by atoms with Crippen LogP contribution in [0.1, 0.15) is 25.0 Å². The van der Waals surface area contributed by atoms with Crippen molar-refractivity contribution in [2.75, 3.05) is 26.7 Å². The number of amides is 1. The van der Waals surface area contributed by atoms with Gasteiger partial charge in [-0.1, -0.05) is 0 Å².